The SMILES string of the molecule is Cc1ccc(CN(C(=O)CSCc2cccc(Cl)c2)[C@H](C)C(=O)NC(C)C)cc1. The highest BCUT2D eigenvalue weighted by Gasteiger charge is 2.26. The number of thioether (sulfide) groups is 1. The Morgan fingerprint density at radius 3 is 2.38 bits per heavy atom. The molecule has 0 unspecified atom stereocenters. The Hall–Kier alpha value is -1.98. The second-order valence-corrected chi connectivity index (χ2v) is 8.89. The molecule has 156 valence electrons. The van der Waals surface area contributed by atoms with E-state index in [2.05, 4.69) is 5.32 Å². The first-order chi connectivity index (χ1) is 13.8. The van der Waals surface area contributed by atoms with Crippen LogP contribution in [0, 0.1) is 6.92 Å². The van der Waals surface area contributed by atoms with Gasteiger partial charge >= 0.3 is 0 Å². The molecule has 2 aromatic carbocycles. The quantitative estimate of drug-likeness (QED) is 0.617. The molecule has 29 heavy (non-hydrogen) atoms. The average molecular weight is 433 g/mol. The standard InChI is InChI=1S/C23H29ClN2O2S/c1-16(2)25-23(28)18(4)26(13-19-10-8-17(3)9-11-19)22(27)15-29-14-20-6-5-7-21(24)12-20/h5-12,16,18H,13-15H2,1-4H3,(H,25,28)/t18-/m1/s1. The fourth-order valence-electron chi connectivity index (χ4n) is 2.84. The molecule has 1 N–H and O–H groups in total. The number of halogens is 1. The van der Waals surface area contributed by atoms with Crippen molar-refractivity contribution in [3.05, 3.63) is 70.2 Å². The van der Waals surface area contributed by atoms with Crippen LogP contribution < -0.4 is 5.32 Å². The van der Waals surface area contributed by atoms with E-state index in [4.69, 9.17) is 11.6 Å². The van der Waals surface area contributed by atoms with Crippen molar-refractivity contribution in [2.75, 3.05) is 5.75 Å². The zero-order valence-corrected chi connectivity index (χ0v) is 19.0. The van der Waals surface area contributed by atoms with Crippen molar-refractivity contribution in [3.63, 3.8) is 0 Å². The number of rotatable bonds is 9. The van der Waals surface area contributed by atoms with Gasteiger partial charge in [0.25, 0.3) is 0 Å². The predicted molar refractivity (Wildman–Crippen MR) is 122 cm³/mol. The van der Waals surface area contributed by atoms with E-state index in [1.54, 1.807) is 11.8 Å². The highest BCUT2D eigenvalue weighted by molar-refractivity contribution is 7.99. The van der Waals surface area contributed by atoms with Gasteiger partial charge in [0, 0.05) is 23.4 Å². The normalized spacial score (nSPS) is 11.9. The van der Waals surface area contributed by atoms with Crippen LogP contribution in [0.25, 0.3) is 0 Å². The Kier molecular flexibility index (Phi) is 9.05. The van der Waals surface area contributed by atoms with Gasteiger partial charge in [-0.3, -0.25) is 9.59 Å². The van der Waals surface area contributed by atoms with Gasteiger partial charge in [0.05, 0.1) is 5.75 Å². The lowest BCUT2D eigenvalue weighted by Crippen LogP contribution is -2.49. The largest absolute Gasteiger partial charge is 0.352 e. The number of hydrogen-bond donors (Lipinski definition) is 1. The molecule has 0 aromatic heterocycles. The molecular weight excluding hydrogens is 404 g/mol. The molecule has 2 amide bonds. The van der Waals surface area contributed by atoms with Crippen molar-refractivity contribution >= 4 is 35.2 Å². The molecule has 0 fully saturated rings. The van der Waals surface area contributed by atoms with E-state index in [0.29, 0.717) is 23.1 Å². The van der Waals surface area contributed by atoms with Gasteiger partial charge in [-0.05, 0) is 51.0 Å². The first-order valence-corrected chi connectivity index (χ1v) is 11.3. The summed E-state index contributed by atoms with van der Waals surface area (Å²) in [6.45, 7) is 8.04. The molecule has 0 saturated heterocycles. The lowest BCUT2D eigenvalue weighted by molar-refractivity contribution is -0.138. The fraction of sp³-hybridized carbons (Fsp3) is 0.391. The van der Waals surface area contributed by atoms with Crippen molar-refractivity contribution in [3.8, 4) is 0 Å². The summed E-state index contributed by atoms with van der Waals surface area (Å²) in [6, 6.07) is 15.2. The summed E-state index contributed by atoms with van der Waals surface area (Å²) in [7, 11) is 0. The molecule has 0 heterocycles. The number of nitrogens with zero attached hydrogens (tertiary/aromatic N) is 1. The summed E-state index contributed by atoms with van der Waals surface area (Å²) in [5.41, 5.74) is 3.24. The highest BCUT2D eigenvalue weighted by Crippen LogP contribution is 2.18. The van der Waals surface area contributed by atoms with Crippen molar-refractivity contribution in [1.29, 1.82) is 0 Å². The Labute approximate surface area is 183 Å². The Morgan fingerprint density at radius 1 is 1.07 bits per heavy atom. The summed E-state index contributed by atoms with van der Waals surface area (Å²) in [5, 5.41) is 3.60. The molecule has 2 aromatic rings. The molecule has 0 radical (unpaired) electrons. The van der Waals surface area contributed by atoms with Crippen LogP contribution in [0.2, 0.25) is 5.02 Å². The maximum absolute atomic E-state index is 13.0. The minimum atomic E-state index is -0.544. The highest BCUT2D eigenvalue weighted by atomic mass is 35.5. The molecule has 0 aliphatic rings. The van der Waals surface area contributed by atoms with Gasteiger partial charge in [-0.15, -0.1) is 11.8 Å². The molecule has 6 heteroatoms. The van der Waals surface area contributed by atoms with E-state index in [9.17, 15) is 9.59 Å². The maximum Gasteiger partial charge on any atom is 0.242 e. The molecule has 2 rings (SSSR count). The van der Waals surface area contributed by atoms with Gasteiger partial charge in [0.2, 0.25) is 11.8 Å². The lowest BCUT2D eigenvalue weighted by atomic mass is 10.1. The fourth-order valence-corrected chi connectivity index (χ4v) is 3.91. The summed E-state index contributed by atoms with van der Waals surface area (Å²) in [6.07, 6.45) is 0. The van der Waals surface area contributed by atoms with Crippen molar-refractivity contribution in [1.82, 2.24) is 10.2 Å². The summed E-state index contributed by atoms with van der Waals surface area (Å²) in [4.78, 5) is 27.2. The minimum Gasteiger partial charge on any atom is -0.352 e. The van der Waals surface area contributed by atoms with Crippen molar-refractivity contribution in [2.45, 2.75) is 52.1 Å². The second-order valence-electron chi connectivity index (χ2n) is 7.47. The number of amides is 2. The van der Waals surface area contributed by atoms with Crippen LogP contribution in [0.3, 0.4) is 0 Å². The Bertz CT molecular complexity index is 824. The van der Waals surface area contributed by atoms with Gasteiger partial charge in [0.1, 0.15) is 6.04 Å². The van der Waals surface area contributed by atoms with Crippen molar-refractivity contribution in [2.24, 2.45) is 0 Å². The first-order valence-electron chi connectivity index (χ1n) is 9.74. The molecule has 0 spiro atoms. The average Bonchev–Trinajstić information content (AvgIpc) is 2.66. The number of aryl methyl sites for hydroxylation is 1. The van der Waals surface area contributed by atoms with E-state index >= 15 is 0 Å². The molecule has 0 saturated carbocycles. The predicted octanol–water partition coefficient (Wildman–Crippen LogP) is 4.82. The monoisotopic (exact) mass is 432 g/mol. The summed E-state index contributed by atoms with van der Waals surface area (Å²) >= 11 is 7.55. The van der Waals surface area contributed by atoms with Gasteiger partial charge < -0.3 is 10.2 Å². The van der Waals surface area contributed by atoms with Gasteiger partial charge in [-0.1, -0.05) is 53.6 Å². The van der Waals surface area contributed by atoms with E-state index in [1.165, 1.54) is 11.8 Å². The molecule has 0 aliphatic carbocycles. The number of benzene rings is 2. The van der Waals surface area contributed by atoms with Crippen LogP contribution in [0.4, 0.5) is 0 Å². The summed E-state index contributed by atoms with van der Waals surface area (Å²) in [5.74, 6) is 0.805. The molecule has 0 bridgehead atoms. The van der Waals surface area contributed by atoms with E-state index in [0.717, 1.165) is 16.7 Å². The minimum absolute atomic E-state index is 0.0264. The number of carbonyl (C=O) groups is 2. The van der Waals surface area contributed by atoms with Crippen LogP contribution >= 0.6 is 23.4 Å². The second kappa shape index (κ2) is 11.3. The molecule has 4 nitrogen and oxygen atoms in total. The molecule has 1 atom stereocenters. The first kappa shape index (κ1) is 23.3. The van der Waals surface area contributed by atoms with Crippen LogP contribution in [0.15, 0.2) is 48.5 Å². The van der Waals surface area contributed by atoms with E-state index in [1.807, 2.05) is 69.3 Å². The van der Waals surface area contributed by atoms with Crippen molar-refractivity contribution < 1.29 is 9.59 Å². The summed E-state index contributed by atoms with van der Waals surface area (Å²) < 4.78 is 0. The van der Waals surface area contributed by atoms with Gasteiger partial charge in [-0.2, -0.15) is 0 Å². The Balaban J connectivity index is 2.06. The molecular formula is C23H29ClN2O2S. The van der Waals surface area contributed by atoms with Crippen LogP contribution in [-0.2, 0) is 21.9 Å². The Morgan fingerprint density at radius 2 is 1.76 bits per heavy atom. The smallest absolute Gasteiger partial charge is 0.242 e. The number of carbonyl (C=O) groups excluding carboxylic acids is 2. The van der Waals surface area contributed by atoms with E-state index in [-0.39, 0.29) is 17.9 Å². The lowest BCUT2D eigenvalue weighted by Gasteiger charge is -2.29. The maximum atomic E-state index is 13.0. The van der Waals surface area contributed by atoms with E-state index < -0.39 is 6.04 Å². The number of hydrogen-bond acceptors (Lipinski definition) is 3. The van der Waals surface area contributed by atoms with Crippen LogP contribution in [0.5, 0.6) is 0 Å². The third kappa shape index (κ3) is 7.75. The number of nitrogens with one attached hydrogen (secondary N) is 1. The van der Waals surface area contributed by atoms with Crippen LogP contribution in [-0.4, -0.2) is 34.6 Å². The molecule has 0 aliphatic heterocycles. The zero-order chi connectivity index (χ0) is 21.4. The topological polar surface area (TPSA) is 49.4 Å². The van der Waals surface area contributed by atoms with Crippen LogP contribution in [0.1, 0.15) is 37.5 Å². The van der Waals surface area contributed by atoms with Gasteiger partial charge in [-0.25, -0.2) is 0 Å². The zero-order valence-electron chi connectivity index (χ0n) is 17.4. The third-order valence-corrected chi connectivity index (χ3v) is 5.68. The van der Waals surface area contributed by atoms with Gasteiger partial charge in [0.15, 0.2) is 0 Å². The third-order valence-electron chi connectivity index (χ3n) is 4.46.